The predicted molar refractivity (Wildman–Crippen MR) is 43.2 cm³/mol. The Bertz CT molecular complexity index is 174. The summed E-state index contributed by atoms with van der Waals surface area (Å²) in [7, 11) is 0. The fourth-order valence-corrected chi connectivity index (χ4v) is 1.28. The number of rotatable bonds is 3. The van der Waals surface area contributed by atoms with Gasteiger partial charge in [-0.2, -0.15) is 0 Å². The van der Waals surface area contributed by atoms with Crippen molar-refractivity contribution < 1.29 is 2.69 Å². The second-order valence-electron chi connectivity index (χ2n) is 2.11. The Morgan fingerprint density at radius 2 is 1.90 bits per heavy atom. The van der Waals surface area contributed by atoms with Gasteiger partial charge in [-0.15, -0.1) is 0 Å². The van der Waals surface area contributed by atoms with Gasteiger partial charge in [-0.05, 0) is 0 Å². The molecule has 0 aliphatic heterocycles. The molecule has 1 aromatic carbocycles. The van der Waals surface area contributed by atoms with Crippen LogP contribution in [-0.4, -0.2) is 32.8 Å². The summed E-state index contributed by atoms with van der Waals surface area (Å²) in [6.07, 6.45) is 1.05. The molecule has 0 unspecified atom stereocenters. The molecule has 0 atom stereocenters. The van der Waals surface area contributed by atoms with Crippen molar-refractivity contribution in [3.8, 4) is 0 Å². The predicted octanol–water partition coefficient (Wildman–Crippen LogP) is 1.06. The van der Waals surface area contributed by atoms with Gasteiger partial charge in [-0.25, -0.2) is 0 Å². The molecule has 0 amide bonds. The summed E-state index contributed by atoms with van der Waals surface area (Å²) in [6.45, 7) is 0.884. The monoisotopic (exact) mass is 330 g/mol. The maximum atomic E-state index is 5.11. The van der Waals surface area contributed by atoms with Crippen LogP contribution in [0.5, 0.6) is 0 Å². The molecule has 0 fully saturated rings. The molecule has 1 rings (SSSR count). The first-order valence-electron chi connectivity index (χ1n) is 3.29. The Hall–Kier alpha value is 0.102. The van der Waals surface area contributed by atoms with Crippen LogP contribution in [-0.2, 0) is 9.11 Å². The van der Waals surface area contributed by atoms with Gasteiger partial charge in [-0.1, -0.05) is 0 Å². The van der Waals surface area contributed by atoms with Crippen LogP contribution in [0, 0.1) is 0 Å². The summed E-state index contributed by atoms with van der Waals surface area (Å²) < 4.78 is 5.11. The van der Waals surface area contributed by atoms with Crippen LogP contribution in [0.15, 0.2) is 30.3 Å². The van der Waals surface area contributed by atoms with E-state index in [0.29, 0.717) is 26.2 Å². The van der Waals surface area contributed by atoms with Gasteiger partial charge in [0, 0.05) is 0 Å². The normalized spacial score (nSPS) is 9.70. The summed E-state index contributed by atoms with van der Waals surface area (Å²) in [5, 5.41) is 0. The first-order chi connectivity index (χ1) is 4.93. The van der Waals surface area contributed by atoms with Crippen LogP contribution in [0.4, 0.5) is 0 Å². The molecule has 0 N–H and O–H groups in total. The van der Waals surface area contributed by atoms with Gasteiger partial charge < -0.3 is 0 Å². The van der Waals surface area contributed by atoms with Gasteiger partial charge in [0.15, 0.2) is 0 Å². The van der Waals surface area contributed by atoms with Crippen LogP contribution in [0.3, 0.4) is 0 Å². The van der Waals surface area contributed by atoms with Crippen molar-refractivity contribution >= 4 is 26.2 Å². The Labute approximate surface area is 77.7 Å². The molecule has 0 aromatic heterocycles. The average Bonchev–Trinajstić information content (AvgIpc) is 2.03. The van der Waals surface area contributed by atoms with Crippen molar-refractivity contribution in [2.24, 2.45) is 0 Å². The summed E-state index contributed by atoms with van der Waals surface area (Å²) in [5.41, 5.74) is 1.36. The third-order valence-electron chi connectivity index (χ3n) is 1.35. The van der Waals surface area contributed by atoms with E-state index in [1.807, 2.05) is 6.07 Å². The van der Waals surface area contributed by atoms with Crippen LogP contribution in [0.1, 0.15) is 5.56 Å². The van der Waals surface area contributed by atoms with Crippen molar-refractivity contribution in [2.75, 3.05) is 6.61 Å². The molecule has 0 saturated carbocycles. The van der Waals surface area contributed by atoms with E-state index in [2.05, 4.69) is 24.3 Å². The summed E-state index contributed by atoms with van der Waals surface area (Å²) in [6, 6.07) is 10.4. The molecule has 10 heavy (non-hydrogen) atoms. The molecule has 0 spiro atoms. The SMILES string of the molecule is [PbH][O]CCc1ccccc1. The fraction of sp³-hybridized carbons (Fsp3) is 0.250. The third kappa shape index (κ3) is 2.79. The van der Waals surface area contributed by atoms with E-state index in [4.69, 9.17) is 2.69 Å². The molecule has 0 aliphatic rings. The minimum atomic E-state index is 0.675. The van der Waals surface area contributed by atoms with E-state index in [0.717, 1.165) is 13.0 Å². The van der Waals surface area contributed by atoms with E-state index in [1.165, 1.54) is 5.56 Å². The number of hydrogen-bond acceptors (Lipinski definition) is 1. The first-order valence-corrected chi connectivity index (χ1v) is 5.12. The van der Waals surface area contributed by atoms with E-state index < -0.39 is 0 Å². The molecule has 0 saturated heterocycles. The second-order valence-corrected chi connectivity index (χ2v) is 3.40. The second kappa shape index (κ2) is 4.85. The maximum absolute atomic E-state index is 5.11. The van der Waals surface area contributed by atoms with Crippen molar-refractivity contribution in [2.45, 2.75) is 6.42 Å². The van der Waals surface area contributed by atoms with Crippen molar-refractivity contribution in [3.05, 3.63) is 35.9 Å². The van der Waals surface area contributed by atoms with E-state index >= 15 is 0 Å². The minimum absolute atomic E-state index is 0.675. The first kappa shape index (κ1) is 8.20. The molecule has 1 nitrogen and oxygen atoms in total. The van der Waals surface area contributed by atoms with Crippen molar-refractivity contribution in [3.63, 3.8) is 0 Å². The van der Waals surface area contributed by atoms with Gasteiger partial charge in [0.1, 0.15) is 0 Å². The summed E-state index contributed by atoms with van der Waals surface area (Å²) in [5.74, 6) is 0. The fourth-order valence-electron chi connectivity index (χ4n) is 0.821. The van der Waals surface area contributed by atoms with Crippen LogP contribution >= 0.6 is 0 Å². The Balaban J connectivity index is 2.43. The topological polar surface area (TPSA) is 9.23 Å². The van der Waals surface area contributed by atoms with Crippen LogP contribution < -0.4 is 0 Å². The van der Waals surface area contributed by atoms with E-state index in [1.54, 1.807) is 0 Å². The van der Waals surface area contributed by atoms with E-state index in [-0.39, 0.29) is 0 Å². The molecular weight excluding hydrogens is 319 g/mol. The third-order valence-corrected chi connectivity index (χ3v) is 2.27. The zero-order valence-electron chi connectivity index (χ0n) is 5.79. The zero-order chi connectivity index (χ0) is 7.23. The molecule has 0 heterocycles. The van der Waals surface area contributed by atoms with Gasteiger partial charge in [-0.3, -0.25) is 0 Å². The summed E-state index contributed by atoms with van der Waals surface area (Å²) >= 11 is 0.675. The molecule has 0 aliphatic carbocycles. The Morgan fingerprint density at radius 1 is 1.20 bits per heavy atom. The van der Waals surface area contributed by atoms with Crippen molar-refractivity contribution in [1.29, 1.82) is 0 Å². The Kier molecular flexibility index (Phi) is 3.98. The molecule has 1 aromatic rings. The molecule has 0 bridgehead atoms. The average molecular weight is 329 g/mol. The quantitative estimate of drug-likeness (QED) is 0.754. The standard InChI is InChI=1S/C8H9O.Pb.H/c9-7-6-8-4-2-1-3-5-8;;/h1-5H,6-7H2;;/q-1;+1;. The molecule has 52 valence electrons. The van der Waals surface area contributed by atoms with Crippen LogP contribution in [0.2, 0.25) is 0 Å². The van der Waals surface area contributed by atoms with Gasteiger partial charge >= 0.3 is 77.8 Å². The van der Waals surface area contributed by atoms with Gasteiger partial charge in [0.2, 0.25) is 0 Å². The van der Waals surface area contributed by atoms with Gasteiger partial charge in [0.25, 0.3) is 0 Å². The number of benzene rings is 1. The molecule has 2 heteroatoms. The number of hydrogen-bond donors (Lipinski definition) is 0. The molecular formula is C8H10OPb. The zero-order valence-corrected chi connectivity index (χ0v) is 10.3. The van der Waals surface area contributed by atoms with Crippen molar-refractivity contribution in [1.82, 2.24) is 0 Å². The molecule has 2 radical (unpaired) electrons. The van der Waals surface area contributed by atoms with Crippen LogP contribution in [0.25, 0.3) is 0 Å². The van der Waals surface area contributed by atoms with Gasteiger partial charge in [0.05, 0.1) is 0 Å². The van der Waals surface area contributed by atoms with E-state index in [9.17, 15) is 0 Å². The Morgan fingerprint density at radius 3 is 2.50 bits per heavy atom. The summed E-state index contributed by atoms with van der Waals surface area (Å²) in [4.78, 5) is 0.